The second kappa shape index (κ2) is 19.2. The van der Waals surface area contributed by atoms with Crippen LogP contribution in [-0.2, 0) is 11.2 Å². The van der Waals surface area contributed by atoms with Gasteiger partial charge in [-0.2, -0.15) is 0 Å². The van der Waals surface area contributed by atoms with Crippen LogP contribution in [0.2, 0.25) is 0 Å². The highest BCUT2D eigenvalue weighted by Crippen LogP contribution is 2.42. The summed E-state index contributed by atoms with van der Waals surface area (Å²) in [7, 11) is 0. The summed E-state index contributed by atoms with van der Waals surface area (Å²) >= 11 is 0. The first-order valence-corrected chi connectivity index (χ1v) is 18.3. The number of carbonyl (C=O) groups is 1. The molecule has 0 bridgehead atoms. The van der Waals surface area contributed by atoms with Crippen LogP contribution in [0.1, 0.15) is 154 Å². The van der Waals surface area contributed by atoms with Gasteiger partial charge in [0.2, 0.25) is 0 Å². The molecule has 2 fully saturated rings. The normalized spacial score (nSPS) is 22.4. The quantitative estimate of drug-likeness (QED) is 0.0987. The van der Waals surface area contributed by atoms with Crippen LogP contribution in [0, 0.1) is 23.7 Å². The number of benzene rings is 1. The Labute approximate surface area is 263 Å². The summed E-state index contributed by atoms with van der Waals surface area (Å²) in [6.45, 7) is 4.58. The molecule has 0 atom stereocenters. The lowest BCUT2D eigenvalue weighted by Crippen LogP contribution is -2.30. The molecule has 43 heavy (non-hydrogen) atoms. The van der Waals surface area contributed by atoms with E-state index in [0.29, 0.717) is 5.75 Å². The maximum Gasteiger partial charge on any atom is 0.314 e. The lowest BCUT2D eigenvalue weighted by atomic mass is 9.68. The molecule has 0 aliphatic heterocycles. The van der Waals surface area contributed by atoms with Gasteiger partial charge >= 0.3 is 5.97 Å². The van der Waals surface area contributed by atoms with Crippen LogP contribution in [-0.4, -0.2) is 15.9 Å². The van der Waals surface area contributed by atoms with E-state index >= 15 is 0 Å². The Morgan fingerprint density at radius 3 is 1.79 bits per heavy atom. The number of hydrogen-bond acceptors (Lipinski definition) is 4. The van der Waals surface area contributed by atoms with Crippen molar-refractivity contribution in [1.82, 2.24) is 9.97 Å². The Morgan fingerprint density at radius 1 is 0.674 bits per heavy atom. The average molecular weight is 589 g/mol. The predicted octanol–water partition coefficient (Wildman–Crippen LogP) is 11.3. The van der Waals surface area contributed by atoms with E-state index in [1.54, 1.807) is 0 Å². The van der Waals surface area contributed by atoms with Gasteiger partial charge < -0.3 is 4.74 Å². The molecule has 4 heteroatoms. The van der Waals surface area contributed by atoms with Gasteiger partial charge in [-0.3, -0.25) is 4.79 Å². The zero-order chi connectivity index (χ0) is 30.1. The standard InChI is InChI=1S/C39H60N2O2/c1-3-5-7-8-9-10-11-12-13-14-16-32-29-40-38(41-30-32)35-25-27-37(28-26-35)43-39(42)36-23-21-34(22-24-36)33-19-17-31(18-20-33)15-6-4-2/h25-31,33-34,36H,3-24H2,1-2H3. The second-order valence-electron chi connectivity index (χ2n) is 13.8. The van der Waals surface area contributed by atoms with E-state index in [1.165, 1.54) is 128 Å². The number of nitrogens with zero attached hydrogens (tertiary/aromatic N) is 2. The summed E-state index contributed by atoms with van der Waals surface area (Å²) in [5, 5.41) is 0. The van der Waals surface area contributed by atoms with Gasteiger partial charge in [-0.1, -0.05) is 104 Å². The summed E-state index contributed by atoms with van der Waals surface area (Å²) in [4.78, 5) is 22.2. The third-order valence-electron chi connectivity index (χ3n) is 10.5. The molecule has 0 N–H and O–H groups in total. The molecule has 2 aliphatic carbocycles. The summed E-state index contributed by atoms with van der Waals surface area (Å²) in [6.07, 6.45) is 32.7. The molecule has 2 saturated carbocycles. The zero-order valence-electron chi connectivity index (χ0n) is 27.5. The third kappa shape index (κ3) is 11.7. The van der Waals surface area contributed by atoms with Crippen LogP contribution in [0.15, 0.2) is 36.7 Å². The van der Waals surface area contributed by atoms with Gasteiger partial charge in [0.25, 0.3) is 0 Å². The van der Waals surface area contributed by atoms with Crippen LogP contribution in [0.25, 0.3) is 11.4 Å². The molecular formula is C39H60N2O2. The molecule has 1 aromatic carbocycles. The zero-order valence-corrected chi connectivity index (χ0v) is 27.5. The van der Waals surface area contributed by atoms with E-state index in [1.807, 2.05) is 36.7 Å². The number of hydrogen-bond donors (Lipinski definition) is 0. The van der Waals surface area contributed by atoms with Crippen molar-refractivity contribution in [2.24, 2.45) is 23.7 Å². The molecule has 238 valence electrons. The number of aryl methyl sites for hydroxylation is 1. The van der Waals surface area contributed by atoms with Gasteiger partial charge in [0.15, 0.2) is 5.82 Å². The molecule has 2 aromatic rings. The molecule has 2 aliphatic rings. The molecule has 1 aromatic heterocycles. The van der Waals surface area contributed by atoms with Gasteiger partial charge in [0.05, 0.1) is 5.92 Å². The molecule has 0 amide bonds. The highest BCUT2D eigenvalue weighted by molar-refractivity contribution is 5.75. The van der Waals surface area contributed by atoms with Gasteiger partial charge in [0, 0.05) is 18.0 Å². The Balaban J connectivity index is 1.11. The molecule has 0 radical (unpaired) electrons. The first-order chi connectivity index (χ1) is 21.2. The van der Waals surface area contributed by atoms with E-state index in [4.69, 9.17) is 4.74 Å². The lowest BCUT2D eigenvalue weighted by Gasteiger charge is -2.37. The number of aromatic nitrogens is 2. The summed E-state index contributed by atoms with van der Waals surface area (Å²) in [6, 6.07) is 7.70. The average Bonchev–Trinajstić information content (AvgIpc) is 3.05. The van der Waals surface area contributed by atoms with Crippen LogP contribution in [0.3, 0.4) is 0 Å². The van der Waals surface area contributed by atoms with E-state index in [2.05, 4.69) is 23.8 Å². The van der Waals surface area contributed by atoms with Crippen molar-refractivity contribution in [3.8, 4) is 17.1 Å². The lowest BCUT2D eigenvalue weighted by molar-refractivity contribution is -0.140. The van der Waals surface area contributed by atoms with E-state index in [-0.39, 0.29) is 11.9 Å². The van der Waals surface area contributed by atoms with Crippen molar-refractivity contribution in [2.75, 3.05) is 0 Å². The molecule has 4 rings (SSSR count). The van der Waals surface area contributed by atoms with Gasteiger partial charge in [0.1, 0.15) is 5.75 Å². The second-order valence-corrected chi connectivity index (χ2v) is 13.8. The first kappa shape index (κ1) is 33.7. The molecule has 0 saturated heterocycles. The first-order valence-electron chi connectivity index (χ1n) is 18.3. The largest absolute Gasteiger partial charge is 0.426 e. The fraction of sp³-hybridized carbons (Fsp3) is 0.718. The minimum Gasteiger partial charge on any atom is -0.426 e. The van der Waals surface area contributed by atoms with Crippen molar-refractivity contribution >= 4 is 5.97 Å². The van der Waals surface area contributed by atoms with E-state index in [0.717, 1.165) is 48.4 Å². The van der Waals surface area contributed by atoms with Crippen molar-refractivity contribution in [2.45, 2.75) is 155 Å². The van der Waals surface area contributed by atoms with Crippen LogP contribution < -0.4 is 4.74 Å². The van der Waals surface area contributed by atoms with Gasteiger partial charge in [-0.15, -0.1) is 0 Å². The summed E-state index contributed by atoms with van der Waals surface area (Å²) < 4.78 is 5.82. The fourth-order valence-electron chi connectivity index (χ4n) is 7.59. The highest BCUT2D eigenvalue weighted by Gasteiger charge is 2.33. The van der Waals surface area contributed by atoms with Crippen LogP contribution >= 0.6 is 0 Å². The minimum absolute atomic E-state index is 0.0447. The Bertz CT molecular complexity index is 1020. The van der Waals surface area contributed by atoms with Crippen molar-refractivity contribution in [3.05, 3.63) is 42.2 Å². The Morgan fingerprint density at radius 2 is 1.21 bits per heavy atom. The highest BCUT2D eigenvalue weighted by atomic mass is 16.5. The molecule has 0 unspecified atom stereocenters. The summed E-state index contributed by atoms with van der Waals surface area (Å²) in [5.74, 6) is 4.01. The SMILES string of the molecule is CCCCCCCCCCCCc1cnc(-c2ccc(OC(=O)C3CCC(C4CCC(CCCC)CC4)CC3)cc2)nc1. The van der Waals surface area contributed by atoms with Crippen LogP contribution in [0.4, 0.5) is 0 Å². The monoisotopic (exact) mass is 588 g/mol. The number of carbonyl (C=O) groups excluding carboxylic acids is 1. The maximum absolute atomic E-state index is 12.9. The predicted molar refractivity (Wildman–Crippen MR) is 179 cm³/mol. The smallest absolute Gasteiger partial charge is 0.314 e. The van der Waals surface area contributed by atoms with Gasteiger partial charge in [-0.05, 0) is 98.9 Å². The van der Waals surface area contributed by atoms with E-state index in [9.17, 15) is 4.79 Å². The maximum atomic E-state index is 12.9. The third-order valence-corrected chi connectivity index (χ3v) is 10.5. The molecule has 1 heterocycles. The Hall–Kier alpha value is -2.23. The van der Waals surface area contributed by atoms with Crippen molar-refractivity contribution in [1.29, 1.82) is 0 Å². The van der Waals surface area contributed by atoms with Crippen molar-refractivity contribution < 1.29 is 9.53 Å². The number of rotatable bonds is 18. The minimum atomic E-state index is -0.0537. The van der Waals surface area contributed by atoms with Crippen LogP contribution in [0.5, 0.6) is 5.75 Å². The number of unbranched alkanes of at least 4 members (excludes halogenated alkanes) is 10. The Kier molecular flexibility index (Phi) is 15.0. The fourth-order valence-corrected chi connectivity index (χ4v) is 7.59. The molecule has 0 spiro atoms. The molecule has 4 nitrogen and oxygen atoms in total. The van der Waals surface area contributed by atoms with E-state index < -0.39 is 0 Å². The van der Waals surface area contributed by atoms with Crippen molar-refractivity contribution in [3.63, 3.8) is 0 Å². The summed E-state index contributed by atoms with van der Waals surface area (Å²) in [5.41, 5.74) is 2.17. The topological polar surface area (TPSA) is 52.1 Å². The number of esters is 1. The molecular weight excluding hydrogens is 528 g/mol. The van der Waals surface area contributed by atoms with Gasteiger partial charge in [-0.25, -0.2) is 9.97 Å². The number of ether oxygens (including phenoxy) is 1.